The van der Waals surface area contributed by atoms with Crippen LogP contribution >= 0.6 is 0 Å². The molecule has 1 aromatic carbocycles. The van der Waals surface area contributed by atoms with Gasteiger partial charge in [-0.1, -0.05) is 44.2 Å². The molecule has 3 heterocycles. The Labute approximate surface area is 226 Å². The number of likely N-dealkylation sites (tertiary alicyclic amines) is 1. The number of piperidine rings is 1. The van der Waals surface area contributed by atoms with Gasteiger partial charge < -0.3 is 16.0 Å². The zero-order valence-corrected chi connectivity index (χ0v) is 22.4. The van der Waals surface area contributed by atoms with Crippen molar-refractivity contribution in [2.75, 3.05) is 24.1 Å². The summed E-state index contributed by atoms with van der Waals surface area (Å²) in [5, 5.41) is 2.52. The third-order valence-electron chi connectivity index (χ3n) is 6.99. The Morgan fingerprint density at radius 3 is 2.21 bits per heavy atom. The topological polar surface area (TPSA) is 145 Å². The Morgan fingerprint density at radius 1 is 0.949 bits per heavy atom. The second kappa shape index (κ2) is 12.5. The molecule has 4 rings (SSSR count). The molecule has 2 amide bonds. The first-order chi connectivity index (χ1) is 18.8. The number of carbonyl (C=O) groups is 2. The highest BCUT2D eigenvalue weighted by Crippen LogP contribution is 2.23. The molecule has 2 aromatic heterocycles. The highest BCUT2D eigenvalue weighted by molar-refractivity contribution is 6.10. The number of nitrogens with two attached hydrogens (primary N) is 1. The Bertz CT molecular complexity index is 1440. The van der Waals surface area contributed by atoms with E-state index < -0.39 is 23.1 Å². The third-order valence-corrected chi connectivity index (χ3v) is 6.99. The minimum Gasteiger partial charge on any atom is -0.383 e. The van der Waals surface area contributed by atoms with E-state index in [4.69, 9.17) is 5.73 Å². The SMILES string of the molecule is CCCn1c(N)c(NC(=O)c2nccnc2C(=O)N2CCC(Cc3ccccc3)CC2)c(=O)n(CCC)c1=O. The van der Waals surface area contributed by atoms with Gasteiger partial charge in [-0.05, 0) is 43.6 Å². The fraction of sp³-hybridized carbons (Fsp3) is 0.429. The van der Waals surface area contributed by atoms with E-state index >= 15 is 0 Å². The summed E-state index contributed by atoms with van der Waals surface area (Å²) in [5.74, 6) is -0.851. The van der Waals surface area contributed by atoms with Crippen molar-refractivity contribution in [2.45, 2.75) is 59.0 Å². The van der Waals surface area contributed by atoms with Gasteiger partial charge in [0.15, 0.2) is 11.4 Å². The van der Waals surface area contributed by atoms with E-state index in [1.807, 2.05) is 32.0 Å². The molecule has 1 fully saturated rings. The van der Waals surface area contributed by atoms with E-state index in [9.17, 15) is 19.2 Å². The number of anilines is 2. The molecule has 1 aliphatic heterocycles. The lowest BCUT2D eigenvalue weighted by Gasteiger charge is -2.32. The van der Waals surface area contributed by atoms with Crippen LogP contribution in [-0.2, 0) is 19.5 Å². The molecule has 0 saturated carbocycles. The van der Waals surface area contributed by atoms with Gasteiger partial charge in [0.2, 0.25) is 0 Å². The number of carbonyl (C=O) groups excluding carboxylic acids is 2. The first-order valence-corrected chi connectivity index (χ1v) is 13.4. The number of hydrogen-bond acceptors (Lipinski definition) is 7. The van der Waals surface area contributed by atoms with Crippen LogP contribution in [0.2, 0.25) is 0 Å². The molecule has 1 aliphatic rings. The lowest BCUT2D eigenvalue weighted by Crippen LogP contribution is -2.43. The third kappa shape index (κ3) is 6.08. The zero-order valence-electron chi connectivity index (χ0n) is 22.4. The molecule has 1 saturated heterocycles. The number of nitrogen functional groups attached to an aromatic ring is 1. The maximum Gasteiger partial charge on any atom is 0.332 e. The smallest absolute Gasteiger partial charge is 0.332 e. The van der Waals surface area contributed by atoms with E-state index in [1.165, 1.54) is 22.5 Å². The monoisotopic (exact) mass is 533 g/mol. The van der Waals surface area contributed by atoms with Crippen molar-refractivity contribution in [1.29, 1.82) is 0 Å². The van der Waals surface area contributed by atoms with Gasteiger partial charge in [0, 0.05) is 38.6 Å². The summed E-state index contributed by atoms with van der Waals surface area (Å²) < 4.78 is 2.33. The molecule has 206 valence electrons. The maximum absolute atomic E-state index is 13.4. The van der Waals surface area contributed by atoms with Gasteiger partial charge in [-0.3, -0.25) is 23.5 Å². The quantitative estimate of drug-likeness (QED) is 0.430. The second-order valence-electron chi connectivity index (χ2n) is 9.78. The maximum atomic E-state index is 13.4. The molecule has 0 aliphatic carbocycles. The molecular formula is C28H35N7O4. The van der Waals surface area contributed by atoms with Crippen molar-refractivity contribution >= 4 is 23.3 Å². The number of amides is 2. The molecule has 3 aromatic rings. The second-order valence-corrected chi connectivity index (χ2v) is 9.78. The van der Waals surface area contributed by atoms with E-state index in [-0.39, 0.29) is 36.0 Å². The van der Waals surface area contributed by atoms with Crippen LogP contribution in [-0.4, -0.2) is 48.9 Å². The lowest BCUT2D eigenvalue weighted by atomic mass is 9.90. The summed E-state index contributed by atoms with van der Waals surface area (Å²) in [7, 11) is 0. The number of nitrogens with one attached hydrogen (secondary N) is 1. The fourth-order valence-corrected chi connectivity index (χ4v) is 4.96. The molecule has 0 radical (unpaired) electrons. The molecule has 3 N–H and O–H groups in total. The summed E-state index contributed by atoms with van der Waals surface area (Å²) >= 11 is 0. The minimum absolute atomic E-state index is 0.0918. The van der Waals surface area contributed by atoms with Crippen LogP contribution < -0.4 is 22.3 Å². The Balaban J connectivity index is 1.54. The van der Waals surface area contributed by atoms with E-state index in [2.05, 4.69) is 27.4 Å². The summed E-state index contributed by atoms with van der Waals surface area (Å²) in [6.45, 7) is 5.27. The van der Waals surface area contributed by atoms with Gasteiger partial charge in [-0.15, -0.1) is 0 Å². The number of aromatic nitrogens is 4. The van der Waals surface area contributed by atoms with Gasteiger partial charge in [0.1, 0.15) is 11.5 Å². The summed E-state index contributed by atoms with van der Waals surface area (Å²) in [6, 6.07) is 10.3. The number of rotatable bonds is 9. The molecule has 0 spiro atoms. The normalized spacial score (nSPS) is 13.8. The van der Waals surface area contributed by atoms with Crippen molar-refractivity contribution < 1.29 is 9.59 Å². The van der Waals surface area contributed by atoms with Crippen LogP contribution in [0.4, 0.5) is 11.5 Å². The van der Waals surface area contributed by atoms with Gasteiger partial charge >= 0.3 is 5.69 Å². The van der Waals surface area contributed by atoms with Gasteiger partial charge in [0.05, 0.1) is 0 Å². The molecule has 11 heteroatoms. The number of hydrogen-bond donors (Lipinski definition) is 2. The summed E-state index contributed by atoms with van der Waals surface area (Å²) in [5.41, 5.74) is 5.71. The largest absolute Gasteiger partial charge is 0.383 e. The summed E-state index contributed by atoms with van der Waals surface area (Å²) in [6.07, 6.45) is 6.46. The Morgan fingerprint density at radius 2 is 1.56 bits per heavy atom. The van der Waals surface area contributed by atoms with Crippen LogP contribution in [0.15, 0.2) is 52.3 Å². The van der Waals surface area contributed by atoms with Crippen molar-refractivity contribution in [2.24, 2.45) is 5.92 Å². The van der Waals surface area contributed by atoms with Crippen molar-refractivity contribution in [3.05, 3.63) is 80.5 Å². The molecule has 11 nitrogen and oxygen atoms in total. The highest BCUT2D eigenvalue weighted by atomic mass is 16.2. The average Bonchev–Trinajstić information content (AvgIpc) is 2.96. The Hall–Kier alpha value is -4.28. The van der Waals surface area contributed by atoms with Gasteiger partial charge in [0.25, 0.3) is 17.4 Å². The number of benzene rings is 1. The van der Waals surface area contributed by atoms with Gasteiger partial charge in [-0.25, -0.2) is 14.8 Å². The predicted molar refractivity (Wildman–Crippen MR) is 149 cm³/mol. The Kier molecular flexibility index (Phi) is 8.90. The molecule has 0 unspecified atom stereocenters. The molecule has 0 atom stereocenters. The molecule has 0 bridgehead atoms. The van der Waals surface area contributed by atoms with Crippen molar-refractivity contribution in [3.8, 4) is 0 Å². The molecular weight excluding hydrogens is 498 g/mol. The van der Waals surface area contributed by atoms with Crippen LogP contribution in [0.25, 0.3) is 0 Å². The zero-order chi connectivity index (χ0) is 27.9. The van der Waals surface area contributed by atoms with Crippen LogP contribution in [0, 0.1) is 5.92 Å². The van der Waals surface area contributed by atoms with E-state index in [0.29, 0.717) is 31.8 Å². The van der Waals surface area contributed by atoms with Crippen molar-refractivity contribution in [1.82, 2.24) is 24.0 Å². The molecule has 39 heavy (non-hydrogen) atoms. The standard InChI is InChI=1S/C28H35N7O4/c1-3-14-34-24(29)23(27(38)35(15-4-2)28(34)39)32-25(36)21-22(31-13-12-30-21)26(37)33-16-10-20(11-17-33)18-19-8-6-5-7-9-19/h5-9,12-13,20H,3-4,10-11,14-18,29H2,1-2H3,(H,32,36). The van der Waals surface area contributed by atoms with Crippen LogP contribution in [0.3, 0.4) is 0 Å². The minimum atomic E-state index is -0.793. The van der Waals surface area contributed by atoms with E-state index in [0.717, 1.165) is 23.8 Å². The fourth-order valence-electron chi connectivity index (χ4n) is 4.96. The van der Waals surface area contributed by atoms with Crippen molar-refractivity contribution in [3.63, 3.8) is 0 Å². The lowest BCUT2D eigenvalue weighted by molar-refractivity contribution is 0.0679. The average molecular weight is 534 g/mol. The van der Waals surface area contributed by atoms with Crippen LogP contribution in [0.1, 0.15) is 66.1 Å². The summed E-state index contributed by atoms with van der Waals surface area (Å²) in [4.78, 5) is 62.6. The first kappa shape index (κ1) is 27.7. The first-order valence-electron chi connectivity index (χ1n) is 13.4. The predicted octanol–water partition coefficient (Wildman–Crippen LogP) is 2.55. The van der Waals surface area contributed by atoms with Crippen LogP contribution in [0.5, 0.6) is 0 Å². The van der Waals surface area contributed by atoms with Gasteiger partial charge in [-0.2, -0.15) is 0 Å². The highest BCUT2D eigenvalue weighted by Gasteiger charge is 2.29. The van der Waals surface area contributed by atoms with E-state index in [1.54, 1.807) is 4.90 Å². The number of nitrogens with zero attached hydrogens (tertiary/aromatic N) is 5.